The van der Waals surface area contributed by atoms with Gasteiger partial charge >= 0.3 is 12.0 Å². The fraction of sp³-hybridized carbons (Fsp3) is 0.611. The van der Waals surface area contributed by atoms with Gasteiger partial charge in [0.1, 0.15) is 0 Å². The van der Waals surface area contributed by atoms with E-state index >= 15 is 0 Å². The maximum absolute atomic E-state index is 12.2. The molecule has 2 aliphatic rings. The summed E-state index contributed by atoms with van der Waals surface area (Å²) in [5.74, 6) is -0.122. The van der Waals surface area contributed by atoms with Crippen molar-refractivity contribution in [1.29, 1.82) is 0 Å². The highest BCUT2D eigenvalue weighted by Crippen LogP contribution is 2.33. The first-order valence-corrected chi connectivity index (χ1v) is 8.88. The Bertz CT molecular complexity index is 633. The predicted molar refractivity (Wildman–Crippen MR) is 94.6 cm³/mol. The van der Waals surface area contributed by atoms with Crippen LogP contribution < -0.4 is 10.6 Å². The van der Waals surface area contributed by atoms with Crippen molar-refractivity contribution >= 4 is 17.7 Å². The van der Waals surface area contributed by atoms with Crippen LogP contribution in [0.25, 0.3) is 0 Å². The molecule has 7 heteroatoms. The molecule has 2 fully saturated rings. The first kappa shape index (κ1) is 17.7. The fourth-order valence-corrected chi connectivity index (χ4v) is 3.37. The largest absolute Gasteiger partial charge is 0.480 e. The molecular formula is C18H26N4O3. The van der Waals surface area contributed by atoms with Crippen molar-refractivity contribution in [2.24, 2.45) is 5.92 Å². The number of amides is 2. The summed E-state index contributed by atoms with van der Waals surface area (Å²) in [6.45, 7) is 4.76. The smallest absolute Gasteiger partial charge is 0.319 e. The van der Waals surface area contributed by atoms with Gasteiger partial charge in [0.2, 0.25) is 0 Å². The number of aliphatic carboxylic acids is 1. The number of aromatic nitrogens is 1. The Labute approximate surface area is 147 Å². The second kappa shape index (κ2) is 7.39. The summed E-state index contributed by atoms with van der Waals surface area (Å²) in [5, 5.41) is 14.9. The summed E-state index contributed by atoms with van der Waals surface area (Å²) < 4.78 is 0. The quantitative estimate of drug-likeness (QED) is 0.703. The summed E-state index contributed by atoms with van der Waals surface area (Å²) in [6.07, 6.45) is 5.74. The molecule has 0 aliphatic heterocycles. The van der Waals surface area contributed by atoms with Crippen molar-refractivity contribution in [2.45, 2.75) is 51.6 Å². The average Bonchev–Trinajstić information content (AvgIpc) is 3.29. The maximum Gasteiger partial charge on any atom is 0.319 e. The Hall–Kier alpha value is -2.15. The summed E-state index contributed by atoms with van der Waals surface area (Å²) in [6, 6.07) is 1.99. The van der Waals surface area contributed by atoms with Gasteiger partial charge < -0.3 is 15.7 Å². The molecule has 0 saturated heterocycles. The van der Waals surface area contributed by atoms with Crippen LogP contribution in [0.15, 0.2) is 12.3 Å². The number of carboxylic acid groups (broad SMARTS) is 1. The van der Waals surface area contributed by atoms with Crippen LogP contribution in [-0.4, -0.2) is 52.2 Å². The molecule has 0 bridgehead atoms. The Kier molecular flexibility index (Phi) is 5.22. The molecule has 2 saturated carbocycles. The minimum absolute atomic E-state index is 0.0914. The van der Waals surface area contributed by atoms with Gasteiger partial charge in [-0.1, -0.05) is 0 Å². The van der Waals surface area contributed by atoms with Crippen molar-refractivity contribution in [3.8, 4) is 0 Å². The molecule has 1 heterocycles. The number of carboxylic acids is 1. The Balaban J connectivity index is 1.47. The van der Waals surface area contributed by atoms with Gasteiger partial charge in [-0.2, -0.15) is 0 Å². The van der Waals surface area contributed by atoms with Crippen molar-refractivity contribution in [3.05, 3.63) is 23.5 Å². The molecule has 0 radical (unpaired) electrons. The van der Waals surface area contributed by atoms with E-state index in [4.69, 9.17) is 5.11 Å². The van der Waals surface area contributed by atoms with Gasteiger partial charge in [-0.25, -0.2) is 4.79 Å². The number of nitrogens with zero attached hydrogens (tertiary/aromatic N) is 2. The van der Waals surface area contributed by atoms with E-state index in [-0.39, 0.29) is 24.7 Å². The highest BCUT2D eigenvalue weighted by atomic mass is 16.4. The Morgan fingerprint density at radius 2 is 2.04 bits per heavy atom. The molecule has 2 aliphatic carbocycles. The minimum atomic E-state index is -0.780. The van der Waals surface area contributed by atoms with E-state index in [0.29, 0.717) is 5.92 Å². The lowest BCUT2D eigenvalue weighted by molar-refractivity contribution is -0.139. The maximum atomic E-state index is 12.2. The lowest BCUT2D eigenvalue weighted by Gasteiger charge is -2.42. The zero-order chi connectivity index (χ0) is 18.0. The van der Waals surface area contributed by atoms with Crippen LogP contribution in [0.5, 0.6) is 0 Å². The summed E-state index contributed by atoms with van der Waals surface area (Å²) in [7, 11) is 0. The van der Waals surface area contributed by atoms with Crippen molar-refractivity contribution in [3.63, 3.8) is 0 Å². The normalized spacial score (nSPS) is 22.4. The molecule has 136 valence electrons. The van der Waals surface area contributed by atoms with Crippen molar-refractivity contribution in [1.82, 2.24) is 15.2 Å². The molecule has 1 aromatic rings. The second-order valence-corrected chi connectivity index (χ2v) is 7.28. The van der Waals surface area contributed by atoms with Crippen LogP contribution in [-0.2, 0) is 4.79 Å². The van der Waals surface area contributed by atoms with Crippen LogP contribution in [0.2, 0.25) is 0 Å². The third-order valence-electron chi connectivity index (χ3n) is 5.08. The van der Waals surface area contributed by atoms with Gasteiger partial charge in [-0.3, -0.25) is 14.7 Å². The number of hydrogen-bond acceptors (Lipinski definition) is 4. The number of anilines is 1. The minimum Gasteiger partial charge on any atom is -0.480 e. The third kappa shape index (κ3) is 4.69. The van der Waals surface area contributed by atoms with Crippen molar-refractivity contribution < 1.29 is 14.7 Å². The average molecular weight is 346 g/mol. The molecule has 0 atom stereocenters. The molecule has 25 heavy (non-hydrogen) atoms. The molecule has 0 unspecified atom stereocenters. The number of rotatable bonds is 7. The number of nitrogens with one attached hydrogen (secondary N) is 2. The lowest BCUT2D eigenvalue weighted by atomic mass is 9.85. The van der Waals surface area contributed by atoms with Crippen LogP contribution >= 0.6 is 0 Å². The monoisotopic (exact) mass is 346 g/mol. The standard InChI is InChI=1S/C18H26N4O3/c1-11-5-6-19-12(2)17(11)21-18(25)20-14-7-15(8-14)22(10-16(23)24)9-13-3-4-13/h5-6,13-15H,3-4,7-10H2,1-2H3,(H,23,24)(H2,20,21,25). The third-order valence-corrected chi connectivity index (χ3v) is 5.08. The first-order chi connectivity index (χ1) is 11.9. The first-order valence-electron chi connectivity index (χ1n) is 8.88. The van der Waals surface area contributed by atoms with Crippen LogP contribution in [0, 0.1) is 19.8 Å². The van der Waals surface area contributed by atoms with Gasteiger partial charge in [0.05, 0.1) is 17.9 Å². The predicted octanol–water partition coefficient (Wildman–Crippen LogP) is 2.15. The Morgan fingerprint density at radius 3 is 2.64 bits per heavy atom. The highest BCUT2D eigenvalue weighted by Gasteiger charge is 2.37. The summed E-state index contributed by atoms with van der Waals surface area (Å²) in [4.78, 5) is 29.5. The van der Waals surface area contributed by atoms with E-state index in [1.807, 2.05) is 19.9 Å². The number of aryl methyl sites for hydroxylation is 2. The number of pyridine rings is 1. The van der Waals surface area contributed by atoms with Gasteiger partial charge in [-0.05, 0) is 57.1 Å². The molecule has 1 aromatic heterocycles. The summed E-state index contributed by atoms with van der Waals surface area (Å²) in [5.41, 5.74) is 2.52. The van der Waals surface area contributed by atoms with Gasteiger partial charge in [0.25, 0.3) is 0 Å². The van der Waals surface area contributed by atoms with Gasteiger partial charge in [0, 0.05) is 24.8 Å². The van der Waals surface area contributed by atoms with E-state index in [2.05, 4.69) is 20.5 Å². The van der Waals surface area contributed by atoms with Gasteiger partial charge in [-0.15, -0.1) is 0 Å². The topological polar surface area (TPSA) is 94.6 Å². The summed E-state index contributed by atoms with van der Waals surface area (Å²) >= 11 is 0. The zero-order valence-corrected chi connectivity index (χ0v) is 14.8. The number of urea groups is 1. The van der Waals surface area contributed by atoms with Gasteiger partial charge in [0.15, 0.2) is 0 Å². The van der Waals surface area contributed by atoms with E-state index < -0.39 is 5.97 Å². The zero-order valence-electron chi connectivity index (χ0n) is 14.8. The fourth-order valence-electron chi connectivity index (χ4n) is 3.37. The van der Waals surface area contributed by atoms with E-state index in [0.717, 1.165) is 36.3 Å². The van der Waals surface area contributed by atoms with E-state index in [9.17, 15) is 9.59 Å². The van der Waals surface area contributed by atoms with Crippen LogP contribution in [0.4, 0.5) is 10.5 Å². The number of carbonyl (C=O) groups is 2. The Morgan fingerprint density at radius 1 is 1.32 bits per heavy atom. The number of carbonyl (C=O) groups excluding carboxylic acids is 1. The molecule has 2 amide bonds. The van der Waals surface area contributed by atoms with Crippen LogP contribution in [0.3, 0.4) is 0 Å². The molecule has 3 rings (SSSR count). The molecule has 0 spiro atoms. The molecule has 7 nitrogen and oxygen atoms in total. The highest BCUT2D eigenvalue weighted by molar-refractivity contribution is 5.90. The molecule has 3 N–H and O–H groups in total. The lowest BCUT2D eigenvalue weighted by Crippen LogP contribution is -2.55. The molecule has 0 aromatic carbocycles. The SMILES string of the molecule is Cc1ccnc(C)c1NC(=O)NC1CC(N(CC(=O)O)CC2CC2)C1. The molecular weight excluding hydrogens is 320 g/mol. The van der Waals surface area contributed by atoms with E-state index in [1.54, 1.807) is 6.20 Å². The van der Waals surface area contributed by atoms with Crippen LogP contribution in [0.1, 0.15) is 36.9 Å². The van der Waals surface area contributed by atoms with E-state index in [1.165, 1.54) is 12.8 Å². The van der Waals surface area contributed by atoms with Crippen molar-refractivity contribution in [2.75, 3.05) is 18.4 Å². The number of hydrogen-bond donors (Lipinski definition) is 3. The second-order valence-electron chi connectivity index (χ2n) is 7.28.